The molecule has 0 saturated heterocycles. The van der Waals surface area contributed by atoms with Crippen molar-refractivity contribution in [3.8, 4) is 0 Å². The molecule has 0 aliphatic heterocycles. The monoisotopic (exact) mass is 484 g/mol. The van der Waals surface area contributed by atoms with Crippen molar-refractivity contribution in [3.63, 3.8) is 0 Å². The van der Waals surface area contributed by atoms with Gasteiger partial charge in [0.15, 0.2) is 0 Å². The third kappa shape index (κ3) is 4.88. The van der Waals surface area contributed by atoms with Crippen molar-refractivity contribution in [1.82, 2.24) is 5.32 Å². The maximum Gasteiger partial charge on any atom is 0.262 e. The maximum absolute atomic E-state index is 12.9. The number of carbonyl (C=O) groups excluding carboxylic acids is 1. The number of nitrogens with one attached hydrogen (secondary N) is 2. The van der Waals surface area contributed by atoms with Crippen LogP contribution in [0.4, 0.5) is 5.69 Å². The molecule has 4 aromatic carbocycles. The molecule has 4 aromatic rings. The zero-order chi connectivity index (χ0) is 22.7. The van der Waals surface area contributed by atoms with Crippen LogP contribution >= 0.6 is 23.2 Å². The van der Waals surface area contributed by atoms with Crippen LogP contribution in [0.2, 0.25) is 10.0 Å². The Labute approximate surface area is 196 Å². The smallest absolute Gasteiger partial charge is 0.262 e. The zero-order valence-corrected chi connectivity index (χ0v) is 19.0. The molecule has 0 fully saturated rings. The van der Waals surface area contributed by atoms with Crippen LogP contribution in [0.1, 0.15) is 15.9 Å². The van der Waals surface area contributed by atoms with Gasteiger partial charge in [0.2, 0.25) is 0 Å². The average Bonchev–Trinajstić information content (AvgIpc) is 2.77. The van der Waals surface area contributed by atoms with Crippen LogP contribution in [0.15, 0.2) is 89.8 Å². The molecular weight excluding hydrogens is 467 g/mol. The van der Waals surface area contributed by atoms with Crippen LogP contribution in [0.25, 0.3) is 10.8 Å². The second kappa shape index (κ2) is 9.20. The van der Waals surface area contributed by atoms with E-state index in [1.165, 1.54) is 18.2 Å². The minimum absolute atomic E-state index is 0.0521. The van der Waals surface area contributed by atoms with Gasteiger partial charge in [0.1, 0.15) is 0 Å². The molecule has 0 heterocycles. The SMILES string of the molecule is O=C(NCc1ccccc1)c1ccc(NS(=O)(=O)c2cc(Cl)cc(Cl)c2)c2ccccc12. The van der Waals surface area contributed by atoms with E-state index in [1.807, 2.05) is 30.3 Å². The number of rotatable bonds is 6. The summed E-state index contributed by atoms with van der Waals surface area (Å²) in [6.45, 7) is 0.387. The Balaban J connectivity index is 1.65. The Morgan fingerprint density at radius 1 is 0.781 bits per heavy atom. The molecule has 0 atom stereocenters. The van der Waals surface area contributed by atoms with Crippen LogP contribution in [-0.2, 0) is 16.6 Å². The topological polar surface area (TPSA) is 75.3 Å². The van der Waals surface area contributed by atoms with Gasteiger partial charge >= 0.3 is 0 Å². The quantitative estimate of drug-likeness (QED) is 0.358. The van der Waals surface area contributed by atoms with Crippen molar-refractivity contribution in [2.75, 3.05) is 4.72 Å². The molecule has 8 heteroatoms. The van der Waals surface area contributed by atoms with Crippen LogP contribution in [0.3, 0.4) is 0 Å². The number of fused-ring (bicyclic) bond motifs is 1. The minimum atomic E-state index is -3.95. The molecule has 32 heavy (non-hydrogen) atoms. The van der Waals surface area contributed by atoms with E-state index in [0.717, 1.165) is 5.56 Å². The average molecular weight is 485 g/mol. The highest BCUT2D eigenvalue weighted by atomic mass is 35.5. The predicted molar refractivity (Wildman–Crippen MR) is 129 cm³/mol. The second-order valence-electron chi connectivity index (χ2n) is 7.09. The molecule has 0 spiro atoms. The second-order valence-corrected chi connectivity index (χ2v) is 9.64. The fourth-order valence-corrected chi connectivity index (χ4v) is 5.15. The van der Waals surface area contributed by atoms with Crippen molar-refractivity contribution in [2.24, 2.45) is 0 Å². The predicted octanol–water partition coefficient (Wildman–Crippen LogP) is 5.88. The number of anilines is 1. The first kappa shape index (κ1) is 22.1. The number of halogens is 2. The Kier molecular flexibility index (Phi) is 6.37. The minimum Gasteiger partial charge on any atom is -0.348 e. The highest BCUT2D eigenvalue weighted by molar-refractivity contribution is 7.92. The van der Waals surface area contributed by atoms with Crippen LogP contribution in [-0.4, -0.2) is 14.3 Å². The third-order valence-electron chi connectivity index (χ3n) is 4.86. The summed E-state index contributed by atoms with van der Waals surface area (Å²) in [6, 6.07) is 24.0. The summed E-state index contributed by atoms with van der Waals surface area (Å²) in [5, 5.41) is 4.56. The van der Waals surface area contributed by atoms with Gasteiger partial charge in [0.25, 0.3) is 15.9 Å². The zero-order valence-electron chi connectivity index (χ0n) is 16.7. The van der Waals surface area contributed by atoms with Crippen LogP contribution in [0.5, 0.6) is 0 Å². The fraction of sp³-hybridized carbons (Fsp3) is 0.0417. The standard InChI is InChI=1S/C24H18Cl2N2O3S/c25-17-12-18(26)14-19(13-17)32(30,31)28-23-11-10-22(20-8-4-5-9-21(20)23)24(29)27-15-16-6-2-1-3-7-16/h1-14,28H,15H2,(H,27,29). The van der Waals surface area contributed by atoms with E-state index in [9.17, 15) is 13.2 Å². The molecule has 0 aliphatic rings. The summed E-state index contributed by atoms with van der Waals surface area (Å²) in [5.41, 5.74) is 1.77. The van der Waals surface area contributed by atoms with E-state index in [0.29, 0.717) is 28.6 Å². The molecular formula is C24H18Cl2N2O3S. The van der Waals surface area contributed by atoms with Gasteiger partial charge in [-0.15, -0.1) is 0 Å². The molecule has 0 radical (unpaired) electrons. The molecule has 0 aliphatic carbocycles. The maximum atomic E-state index is 12.9. The first-order valence-electron chi connectivity index (χ1n) is 9.66. The molecule has 0 aromatic heterocycles. The lowest BCUT2D eigenvalue weighted by molar-refractivity contribution is 0.0952. The molecule has 5 nitrogen and oxygen atoms in total. The Morgan fingerprint density at radius 2 is 1.41 bits per heavy atom. The van der Waals surface area contributed by atoms with Crippen molar-refractivity contribution in [2.45, 2.75) is 11.4 Å². The van der Waals surface area contributed by atoms with Gasteiger partial charge in [-0.25, -0.2) is 8.42 Å². The normalized spacial score (nSPS) is 11.3. The van der Waals surface area contributed by atoms with E-state index < -0.39 is 10.0 Å². The molecule has 4 rings (SSSR count). The summed E-state index contributed by atoms with van der Waals surface area (Å²) in [7, 11) is -3.95. The van der Waals surface area contributed by atoms with E-state index in [1.54, 1.807) is 36.4 Å². The number of hydrogen-bond donors (Lipinski definition) is 2. The van der Waals surface area contributed by atoms with Gasteiger partial charge in [0.05, 0.1) is 10.6 Å². The van der Waals surface area contributed by atoms with Crippen molar-refractivity contribution in [3.05, 3.63) is 106 Å². The van der Waals surface area contributed by atoms with Crippen LogP contribution < -0.4 is 10.0 Å². The van der Waals surface area contributed by atoms with Crippen molar-refractivity contribution in [1.29, 1.82) is 0 Å². The number of carbonyl (C=O) groups is 1. The third-order valence-corrected chi connectivity index (χ3v) is 6.64. The molecule has 1 amide bonds. The van der Waals surface area contributed by atoms with Gasteiger partial charge < -0.3 is 5.32 Å². The lowest BCUT2D eigenvalue weighted by Crippen LogP contribution is -2.23. The van der Waals surface area contributed by atoms with Gasteiger partial charge in [-0.05, 0) is 41.3 Å². The van der Waals surface area contributed by atoms with E-state index in [2.05, 4.69) is 10.0 Å². The summed E-state index contributed by atoms with van der Waals surface area (Å²) in [5.74, 6) is -0.249. The van der Waals surface area contributed by atoms with E-state index in [4.69, 9.17) is 23.2 Å². The highest BCUT2D eigenvalue weighted by Gasteiger charge is 2.19. The van der Waals surface area contributed by atoms with Crippen molar-refractivity contribution < 1.29 is 13.2 Å². The van der Waals surface area contributed by atoms with E-state index in [-0.39, 0.29) is 20.8 Å². The van der Waals surface area contributed by atoms with Gasteiger partial charge in [-0.2, -0.15) is 0 Å². The number of amides is 1. The summed E-state index contributed by atoms with van der Waals surface area (Å²) in [4.78, 5) is 12.8. The van der Waals surface area contributed by atoms with Gasteiger partial charge in [-0.3, -0.25) is 9.52 Å². The number of hydrogen-bond acceptors (Lipinski definition) is 3. The molecule has 162 valence electrons. The Morgan fingerprint density at radius 3 is 2.09 bits per heavy atom. The highest BCUT2D eigenvalue weighted by Crippen LogP contribution is 2.30. The first-order valence-corrected chi connectivity index (χ1v) is 11.9. The molecule has 0 bridgehead atoms. The molecule has 0 unspecified atom stereocenters. The largest absolute Gasteiger partial charge is 0.348 e. The summed E-state index contributed by atoms with van der Waals surface area (Å²) in [6.07, 6.45) is 0. The molecule has 0 saturated carbocycles. The Bertz CT molecular complexity index is 1390. The summed E-state index contributed by atoms with van der Waals surface area (Å²) < 4.78 is 28.4. The first-order chi connectivity index (χ1) is 15.3. The van der Waals surface area contributed by atoms with Crippen molar-refractivity contribution >= 4 is 55.6 Å². The molecule has 2 N–H and O–H groups in total. The van der Waals surface area contributed by atoms with Crippen LogP contribution in [0, 0.1) is 0 Å². The lowest BCUT2D eigenvalue weighted by atomic mass is 10.0. The Hall–Kier alpha value is -3.06. The van der Waals surface area contributed by atoms with Gasteiger partial charge in [0, 0.05) is 27.5 Å². The summed E-state index contributed by atoms with van der Waals surface area (Å²) >= 11 is 11.9. The van der Waals surface area contributed by atoms with E-state index >= 15 is 0 Å². The number of benzene rings is 4. The number of sulfonamides is 1. The van der Waals surface area contributed by atoms with Gasteiger partial charge in [-0.1, -0.05) is 77.8 Å². The lowest BCUT2D eigenvalue weighted by Gasteiger charge is -2.14. The fourth-order valence-electron chi connectivity index (χ4n) is 3.35.